The summed E-state index contributed by atoms with van der Waals surface area (Å²) in [6.45, 7) is 7.36. The smallest absolute Gasteiger partial charge is 0.252 e. The molecule has 1 aromatic heterocycles. The molecule has 1 aromatic carbocycles. The summed E-state index contributed by atoms with van der Waals surface area (Å²) in [4.78, 5) is 25.0. The van der Waals surface area contributed by atoms with Crippen molar-refractivity contribution in [2.24, 2.45) is 10.4 Å². The van der Waals surface area contributed by atoms with Crippen LogP contribution in [-0.2, 0) is 0 Å². The number of hydrogen-bond acceptors (Lipinski definition) is 4. The van der Waals surface area contributed by atoms with Crippen LogP contribution in [0.2, 0.25) is 5.02 Å². The third-order valence-electron chi connectivity index (χ3n) is 4.68. The van der Waals surface area contributed by atoms with Crippen molar-refractivity contribution >= 4 is 29.2 Å². The van der Waals surface area contributed by atoms with Gasteiger partial charge in [-0.05, 0) is 36.4 Å². The average molecular weight is 411 g/mol. The maximum atomic E-state index is 12.9. The van der Waals surface area contributed by atoms with E-state index in [1.165, 1.54) is 0 Å². The van der Waals surface area contributed by atoms with Crippen molar-refractivity contribution in [3.63, 3.8) is 0 Å². The summed E-state index contributed by atoms with van der Waals surface area (Å²) in [5, 5.41) is 13.0. The van der Waals surface area contributed by atoms with Gasteiger partial charge in [0.15, 0.2) is 0 Å². The summed E-state index contributed by atoms with van der Waals surface area (Å²) in [6, 6.07) is 10.5. The van der Waals surface area contributed by atoms with Gasteiger partial charge in [-0.15, -0.1) is 4.99 Å². The number of hydrogen-bond donors (Lipinski definition) is 1. The Bertz CT molecular complexity index is 930. The van der Waals surface area contributed by atoms with Crippen LogP contribution in [0.15, 0.2) is 53.8 Å². The zero-order chi connectivity index (χ0) is 21.0. The number of nitriles is 1. The Morgan fingerprint density at radius 2 is 2.00 bits per heavy atom. The third kappa shape index (κ3) is 4.66. The van der Waals surface area contributed by atoms with Crippen LogP contribution in [0.3, 0.4) is 0 Å². The van der Waals surface area contributed by atoms with Gasteiger partial charge in [0.1, 0.15) is 6.17 Å². The third-order valence-corrected chi connectivity index (χ3v) is 4.93. The molecule has 8 heteroatoms. The Morgan fingerprint density at radius 1 is 1.28 bits per heavy atom. The molecule has 29 heavy (non-hydrogen) atoms. The topological polar surface area (TPSA) is 84.6 Å². The number of rotatable bonds is 4. The first-order valence-corrected chi connectivity index (χ1v) is 9.66. The molecule has 3 rings (SSSR count). The molecule has 0 spiro atoms. The van der Waals surface area contributed by atoms with E-state index in [9.17, 15) is 10.1 Å². The van der Waals surface area contributed by atoms with Crippen molar-refractivity contribution in [2.45, 2.75) is 26.9 Å². The zero-order valence-electron chi connectivity index (χ0n) is 16.6. The van der Waals surface area contributed by atoms with Crippen molar-refractivity contribution in [1.29, 1.82) is 5.26 Å². The quantitative estimate of drug-likeness (QED) is 0.780. The van der Waals surface area contributed by atoms with Crippen LogP contribution in [0.4, 0.5) is 5.69 Å². The molecule has 2 aromatic rings. The van der Waals surface area contributed by atoms with Gasteiger partial charge in [-0.25, -0.2) is 0 Å². The van der Waals surface area contributed by atoms with Gasteiger partial charge in [0, 0.05) is 35.3 Å². The fourth-order valence-corrected chi connectivity index (χ4v) is 3.43. The van der Waals surface area contributed by atoms with E-state index in [1.807, 2.05) is 48.9 Å². The predicted octanol–water partition coefficient (Wildman–Crippen LogP) is 3.50. The first-order chi connectivity index (χ1) is 13.8. The van der Waals surface area contributed by atoms with Crippen molar-refractivity contribution in [3.8, 4) is 6.19 Å². The zero-order valence-corrected chi connectivity index (χ0v) is 17.4. The normalized spacial score (nSPS) is 16.6. The molecule has 1 fully saturated rings. The lowest BCUT2D eigenvalue weighted by molar-refractivity contribution is 0.0795. The number of halogens is 1. The number of nitrogens with zero attached hydrogens (tertiary/aromatic N) is 5. The summed E-state index contributed by atoms with van der Waals surface area (Å²) in [5.41, 5.74) is 1.05. The Balaban J connectivity index is 1.90. The van der Waals surface area contributed by atoms with E-state index < -0.39 is 0 Å². The number of anilines is 1. The Labute approximate surface area is 175 Å². The highest BCUT2D eigenvalue weighted by molar-refractivity contribution is 6.30. The lowest BCUT2D eigenvalue weighted by atomic mass is 9.91. The van der Waals surface area contributed by atoms with E-state index in [2.05, 4.69) is 15.3 Å². The number of pyridine rings is 1. The Morgan fingerprint density at radius 3 is 2.59 bits per heavy atom. The van der Waals surface area contributed by atoms with Crippen LogP contribution in [0.5, 0.6) is 0 Å². The lowest BCUT2D eigenvalue weighted by Gasteiger charge is -2.39. The maximum absolute atomic E-state index is 12.9. The molecule has 0 radical (unpaired) electrons. The average Bonchev–Trinajstić information content (AvgIpc) is 3.09. The molecule has 1 atom stereocenters. The molecule has 1 aliphatic rings. The SMILES string of the molecule is CC(C)(C)C(NC(=O)c1ccc(Cl)cc1)N1CCN(c2cccnc2)/C1=N\C#N. The summed E-state index contributed by atoms with van der Waals surface area (Å²) >= 11 is 5.93. The first-order valence-electron chi connectivity index (χ1n) is 9.28. The lowest BCUT2D eigenvalue weighted by Crippen LogP contribution is -2.56. The molecule has 2 heterocycles. The largest absolute Gasteiger partial charge is 0.331 e. The number of aromatic nitrogens is 1. The molecule has 0 saturated carbocycles. The molecule has 1 N–H and O–H groups in total. The second-order valence-electron chi connectivity index (χ2n) is 7.82. The van der Waals surface area contributed by atoms with E-state index >= 15 is 0 Å². The highest BCUT2D eigenvalue weighted by Crippen LogP contribution is 2.28. The minimum Gasteiger partial charge on any atom is -0.331 e. The Hall–Kier alpha value is -3.11. The molecule has 1 aliphatic heterocycles. The number of carbonyl (C=O) groups excluding carboxylic acids is 1. The molecule has 1 saturated heterocycles. The first kappa shape index (κ1) is 20.6. The van der Waals surface area contributed by atoms with E-state index in [0.717, 1.165) is 5.69 Å². The summed E-state index contributed by atoms with van der Waals surface area (Å²) in [6.07, 6.45) is 4.95. The van der Waals surface area contributed by atoms with Crippen molar-refractivity contribution in [1.82, 2.24) is 15.2 Å². The number of benzene rings is 1. The second-order valence-corrected chi connectivity index (χ2v) is 8.25. The molecule has 0 bridgehead atoms. The van der Waals surface area contributed by atoms with Crippen LogP contribution in [-0.4, -0.2) is 41.0 Å². The van der Waals surface area contributed by atoms with Crippen molar-refractivity contribution < 1.29 is 4.79 Å². The van der Waals surface area contributed by atoms with Crippen molar-refractivity contribution in [3.05, 3.63) is 59.4 Å². The van der Waals surface area contributed by atoms with Gasteiger partial charge in [0.2, 0.25) is 12.2 Å². The molecular weight excluding hydrogens is 388 g/mol. The van der Waals surface area contributed by atoms with Gasteiger partial charge < -0.3 is 15.1 Å². The van der Waals surface area contributed by atoms with Crippen LogP contribution in [0.1, 0.15) is 31.1 Å². The maximum Gasteiger partial charge on any atom is 0.252 e. The second kappa shape index (κ2) is 8.50. The number of carbonyl (C=O) groups is 1. The summed E-state index contributed by atoms with van der Waals surface area (Å²) < 4.78 is 0. The minimum absolute atomic E-state index is 0.210. The standard InChI is InChI=1S/C21H23ClN6O/c1-21(2,3)19(26-18(29)15-6-8-16(22)9-7-15)28-12-11-27(20(28)25-14-23)17-5-4-10-24-13-17/h4-10,13,19H,11-12H2,1-3H3,(H,26,29)/b25-20+. The van der Waals surface area contributed by atoms with Gasteiger partial charge in [-0.1, -0.05) is 32.4 Å². The fraction of sp³-hybridized carbons (Fsp3) is 0.333. The minimum atomic E-state index is -0.376. The van der Waals surface area contributed by atoms with Gasteiger partial charge in [0.05, 0.1) is 11.9 Å². The highest BCUT2D eigenvalue weighted by atomic mass is 35.5. The molecular formula is C21H23ClN6O. The van der Waals surface area contributed by atoms with Gasteiger partial charge in [-0.2, -0.15) is 5.26 Å². The molecule has 1 amide bonds. The highest BCUT2D eigenvalue weighted by Gasteiger charge is 2.39. The molecule has 7 nitrogen and oxygen atoms in total. The van der Waals surface area contributed by atoms with E-state index in [-0.39, 0.29) is 17.5 Å². The molecule has 0 aliphatic carbocycles. The van der Waals surface area contributed by atoms with Crippen LogP contribution >= 0.6 is 11.6 Å². The summed E-state index contributed by atoms with van der Waals surface area (Å²) in [7, 11) is 0. The number of aliphatic imine (C=N–C) groups is 1. The number of guanidine groups is 1. The van der Waals surface area contributed by atoms with Crippen LogP contribution < -0.4 is 10.2 Å². The Kier molecular flexibility index (Phi) is 6.04. The van der Waals surface area contributed by atoms with Gasteiger partial charge in [-0.3, -0.25) is 9.78 Å². The van der Waals surface area contributed by atoms with E-state index in [1.54, 1.807) is 36.7 Å². The van der Waals surface area contributed by atoms with Gasteiger partial charge >= 0.3 is 0 Å². The number of amides is 1. The molecule has 1 unspecified atom stereocenters. The monoisotopic (exact) mass is 410 g/mol. The predicted molar refractivity (Wildman–Crippen MR) is 113 cm³/mol. The van der Waals surface area contributed by atoms with E-state index in [0.29, 0.717) is 29.6 Å². The summed E-state index contributed by atoms with van der Waals surface area (Å²) in [5.74, 6) is 0.287. The molecule has 150 valence electrons. The van der Waals surface area contributed by atoms with Crippen molar-refractivity contribution in [2.75, 3.05) is 18.0 Å². The van der Waals surface area contributed by atoms with Crippen LogP contribution in [0.25, 0.3) is 0 Å². The fourth-order valence-electron chi connectivity index (χ4n) is 3.31. The van der Waals surface area contributed by atoms with Gasteiger partial charge in [0.25, 0.3) is 5.91 Å². The van der Waals surface area contributed by atoms with Crippen LogP contribution in [0, 0.1) is 16.9 Å². The van der Waals surface area contributed by atoms with E-state index in [4.69, 9.17) is 11.6 Å². The number of nitrogens with one attached hydrogen (secondary N) is 1.